The van der Waals surface area contributed by atoms with Gasteiger partial charge in [0.1, 0.15) is 18.2 Å². The average molecular weight is 677 g/mol. The first-order valence-electron chi connectivity index (χ1n) is 16.7. The molecule has 0 saturated heterocycles. The van der Waals surface area contributed by atoms with Crippen LogP contribution in [-0.4, -0.2) is 82.2 Å². The fraction of sp³-hybridized carbons (Fsp3) is 0.447. The number of amides is 3. The van der Waals surface area contributed by atoms with Gasteiger partial charge in [0.05, 0.1) is 24.3 Å². The highest BCUT2D eigenvalue weighted by molar-refractivity contribution is 5.84. The fourth-order valence-corrected chi connectivity index (χ4v) is 5.58. The zero-order valence-corrected chi connectivity index (χ0v) is 29.1. The Labute approximate surface area is 289 Å². The highest BCUT2D eigenvalue weighted by Gasteiger charge is 2.40. The summed E-state index contributed by atoms with van der Waals surface area (Å²) in [6.07, 6.45) is -3.22. The Morgan fingerprint density at radius 3 is 1.76 bits per heavy atom. The van der Waals surface area contributed by atoms with Crippen LogP contribution in [0.2, 0.25) is 0 Å². The molecule has 0 fully saturated rings. The smallest absolute Gasteiger partial charge is 0.411 e. The molecule has 0 bridgehead atoms. The van der Waals surface area contributed by atoms with Crippen LogP contribution in [0.4, 0.5) is 9.59 Å². The molecule has 1 unspecified atom stereocenters. The number of primary amides is 1. The maximum Gasteiger partial charge on any atom is 0.411 e. The standard InChI is InChI=1S/C38H52N4O7/c1-26(2)34(35(39)45)42(37(47)48-25-29-19-13-8-14-20-29)31(22-28-17-11-7-12-18-28)33(44)24-40-23-32(43)30(21-27-15-9-6-10-16-27)41-36(46)49-38(3,4)5/h6-20,26,30-34,40,43-44H,21-25H2,1-5H3,(H2,39,45)(H,41,46)/t30-,31-,32?,33+,34-/m1/s1. The topological polar surface area (TPSA) is 163 Å². The van der Waals surface area contributed by atoms with Crippen molar-refractivity contribution in [3.63, 3.8) is 0 Å². The lowest BCUT2D eigenvalue weighted by Crippen LogP contribution is -2.60. The van der Waals surface area contributed by atoms with Crippen molar-refractivity contribution in [3.8, 4) is 0 Å². The number of aliphatic hydroxyl groups is 2. The maximum absolute atomic E-state index is 13.8. The molecule has 0 saturated carbocycles. The number of carbonyl (C=O) groups excluding carboxylic acids is 3. The Balaban J connectivity index is 1.83. The Morgan fingerprint density at radius 2 is 1.27 bits per heavy atom. The SMILES string of the molecule is CC(C)[C@H](C(N)=O)N(C(=O)OCc1ccccc1)[C@H](Cc1ccccc1)[C@@H](O)CNCC(O)[C@@H](Cc1ccccc1)NC(=O)OC(C)(C)C. The van der Waals surface area contributed by atoms with E-state index in [4.69, 9.17) is 15.2 Å². The first-order chi connectivity index (χ1) is 23.2. The summed E-state index contributed by atoms with van der Waals surface area (Å²) in [7, 11) is 0. The van der Waals surface area contributed by atoms with Gasteiger partial charge in [0.25, 0.3) is 0 Å². The van der Waals surface area contributed by atoms with E-state index in [-0.39, 0.29) is 32.0 Å². The second kappa shape index (κ2) is 18.9. The van der Waals surface area contributed by atoms with E-state index in [2.05, 4.69) is 10.6 Å². The molecule has 3 rings (SSSR count). The van der Waals surface area contributed by atoms with E-state index >= 15 is 0 Å². The molecule has 0 aliphatic rings. The molecule has 0 heterocycles. The van der Waals surface area contributed by atoms with Gasteiger partial charge in [-0.3, -0.25) is 9.69 Å². The van der Waals surface area contributed by atoms with Gasteiger partial charge in [-0.1, -0.05) is 105 Å². The molecule has 3 aromatic rings. The Hall–Kier alpha value is -4.45. The molecule has 6 N–H and O–H groups in total. The van der Waals surface area contributed by atoms with E-state index in [0.29, 0.717) is 6.42 Å². The number of ether oxygens (including phenoxy) is 2. The van der Waals surface area contributed by atoms with Gasteiger partial charge in [0.2, 0.25) is 5.91 Å². The minimum absolute atomic E-state index is 0.00963. The first kappa shape index (κ1) is 39.0. The van der Waals surface area contributed by atoms with Crippen molar-refractivity contribution in [1.82, 2.24) is 15.5 Å². The second-order valence-electron chi connectivity index (χ2n) is 13.5. The Bertz CT molecular complexity index is 1430. The molecular weight excluding hydrogens is 624 g/mol. The molecule has 0 aromatic heterocycles. The molecule has 0 aliphatic carbocycles. The monoisotopic (exact) mass is 676 g/mol. The number of alkyl carbamates (subject to hydrolysis) is 1. The average Bonchev–Trinajstić information content (AvgIpc) is 3.05. The van der Waals surface area contributed by atoms with Crippen molar-refractivity contribution in [2.75, 3.05) is 13.1 Å². The van der Waals surface area contributed by atoms with Gasteiger partial charge < -0.3 is 36.1 Å². The van der Waals surface area contributed by atoms with Crippen molar-refractivity contribution in [2.45, 2.75) is 90.0 Å². The molecule has 266 valence electrons. The molecule has 3 aromatic carbocycles. The Kier molecular flexibility index (Phi) is 15.1. The van der Waals surface area contributed by atoms with E-state index in [1.165, 1.54) is 4.90 Å². The second-order valence-corrected chi connectivity index (χ2v) is 13.5. The van der Waals surface area contributed by atoms with Crippen LogP contribution in [0, 0.1) is 5.92 Å². The van der Waals surface area contributed by atoms with E-state index in [1.54, 1.807) is 34.6 Å². The molecule has 3 amide bonds. The van der Waals surface area contributed by atoms with Crippen LogP contribution in [0.25, 0.3) is 0 Å². The summed E-state index contributed by atoms with van der Waals surface area (Å²) in [6.45, 7) is 8.71. The number of nitrogens with two attached hydrogens (primary N) is 1. The largest absolute Gasteiger partial charge is 0.445 e. The molecule has 11 heteroatoms. The molecule has 0 aliphatic heterocycles. The number of aliphatic hydroxyl groups excluding tert-OH is 2. The molecular formula is C38H52N4O7. The number of benzene rings is 3. The van der Waals surface area contributed by atoms with Crippen LogP contribution in [0.1, 0.15) is 51.3 Å². The third-order valence-corrected chi connectivity index (χ3v) is 7.90. The zero-order chi connectivity index (χ0) is 36.0. The lowest BCUT2D eigenvalue weighted by atomic mass is 9.94. The summed E-state index contributed by atoms with van der Waals surface area (Å²) in [5.41, 5.74) is 7.63. The van der Waals surface area contributed by atoms with Crippen molar-refractivity contribution in [3.05, 3.63) is 108 Å². The van der Waals surface area contributed by atoms with Crippen LogP contribution < -0.4 is 16.4 Å². The van der Waals surface area contributed by atoms with Crippen LogP contribution in [-0.2, 0) is 33.7 Å². The Morgan fingerprint density at radius 1 is 0.776 bits per heavy atom. The van der Waals surface area contributed by atoms with Gasteiger partial charge in [0.15, 0.2) is 0 Å². The lowest BCUT2D eigenvalue weighted by molar-refractivity contribution is -0.126. The van der Waals surface area contributed by atoms with Gasteiger partial charge in [-0.25, -0.2) is 9.59 Å². The molecule has 0 spiro atoms. The maximum atomic E-state index is 13.8. The van der Waals surface area contributed by atoms with Crippen LogP contribution >= 0.6 is 0 Å². The first-order valence-corrected chi connectivity index (χ1v) is 16.7. The zero-order valence-electron chi connectivity index (χ0n) is 29.1. The third kappa shape index (κ3) is 13.2. The minimum Gasteiger partial charge on any atom is -0.445 e. The van der Waals surface area contributed by atoms with Crippen LogP contribution in [0.5, 0.6) is 0 Å². The van der Waals surface area contributed by atoms with Gasteiger partial charge in [0, 0.05) is 13.1 Å². The van der Waals surface area contributed by atoms with Gasteiger partial charge in [-0.2, -0.15) is 0 Å². The van der Waals surface area contributed by atoms with Crippen molar-refractivity contribution >= 4 is 18.1 Å². The number of carbonyl (C=O) groups is 3. The summed E-state index contributed by atoms with van der Waals surface area (Å²) < 4.78 is 11.1. The minimum atomic E-state index is -1.22. The van der Waals surface area contributed by atoms with Crippen LogP contribution in [0.15, 0.2) is 91.0 Å². The number of hydrogen-bond acceptors (Lipinski definition) is 8. The molecule has 0 radical (unpaired) electrons. The van der Waals surface area contributed by atoms with Crippen LogP contribution in [0.3, 0.4) is 0 Å². The third-order valence-electron chi connectivity index (χ3n) is 7.90. The van der Waals surface area contributed by atoms with Gasteiger partial charge in [-0.15, -0.1) is 0 Å². The number of nitrogens with zero attached hydrogens (tertiary/aromatic N) is 1. The molecule has 11 nitrogen and oxygen atoms in total. The van der Waals surface area contributed by atoms with Gasteiger partial charge in [-0.05, 0) is 56.2 Å². The number of rotatable bonds is 17. The van der Waals surface area contributed by atoms with E-state index < -0.39 is 54.0 Å². The predicted molar refractivity (Wildman–Crippen MR) is 188 cm³/mol. The predicted octanol–water partition coefficient (Wildman–Crippen LogP) is 4.19. The highest BCUT2D eigenvalue weighted by atomic mass is 16.6. The normalized spacial score (nSPS) is 14.6. The summed E-state index contributed by atoms with van der Waals surface area (Å²) in [6, 6.07) is 25.2. The fourth-order valence-electron chi connectivity index (χ4n) is 5.58. The molecule has 5 atom stereocenters. The summed E-state index contributed by atoms with van der Waals surface area (Å²) in [5, 5.41) is 28.8. The van der Waals surface area contributed by atoms with E-state index in [0.717, 1.165) is 16.7 Å². The summed E-state index contributed by atoms with van der Waals surface area (Å²) in [4.78, 5) is 40.6. The van der Waals surface area contributed by atoms with E-state index in [9.17, 15) is 24.6 Å². The summed E-state index contributed by atoms with van der Waals surface area (Å²) in [5.74, 6) is -1.11. The van der Waals surface area contributed by atoms with Crippen molar-refractivity contribution < 1.29 is 34.1 Å². The number of hydrogen-bond donors (Lipinski definition) is 5. The summed E-state index contributed by atoms with van der Waals surface area (Å²) >= 11 is 0. The van der Waals surface area contributed by atoms with Gasteiger partial charge >= 0.3 is 12.2 Å². The van der Waals surface area contributed by atoms with Crippen molar-refractivity contribution in [1.29, 1.82) is 0 Å². The quantitative estimate of drug-likeness (QED) is 0.142. The number of nitrogens with one attached hydrogen (secondary N) is 2. The van der Waals surface area contributed by atoms with Crippen molar-refractivity contribution in [2.24, 2.45) is 11.7 Å². The molecule has 49 heavy (non-hydrogen) atoms. The van der Waals surface area contributed by atoms with E-state index in [1.807, 2.05) is 91.0 Å². The highest BCUT2D eigenvalue weighted by Crippen LogP contribution is 2.22. The lowest BCUT2D eigenvalue weighted by Gasteiger charge is -2.40.